The molecule has 3 rings (SSSR count). The van der Waals surface area contributed by atoms with Crippen LogP contribution in [-0.2, 0) is 0 Å². The van der Waals surface area contributed by atoms with E-state index in [1.165, 1.54) is 51.6 Å². The Morgan fingerprint density at radius 2 is 1.64 bits per heavy atom. The number of rotatable bonds is 6. The molecule has 1 saturated carbocycles. The van der Waals surface area contributed by atoms with Crippen LogP contribution in [0.1, 0.15) is 81.5 Å². The molecule has 1 unspecified atom stereocenters. The minimum absolute atomic E-state index is 0.195. The molecule has 0 N–H and O–H groups in total. The van der Waals surface area contributed by atoms with Gasteiger partial charge in [0.15, 0.2) is 5.78 Å². The number of hydrogen-bond donors (Lipinski definition) is 0. The van der Waals surface area contributed by atoms with Gasteiger partial charge in [0, 0.05) is 22.0 Å². The molecule has 0 spiro atoms. The second kappa shape index (κ2) is 8.68. The Morgan fingerprint density at radius 3 is 2.24 bits per heavy atom. The summed E-state index contributed by atoms with van der Waals surface area (Å²) in [6.45, 7) is 4.60. The number of Topliss-reactive ketones (excluding diaryl/α,β-unsaturated/α-hetero) is 1. The van der Waals surface area contributed by atoms with E-state index in [4.69, 9.17) is 11.6 Å². The van der Waals surface area contributed by atoms with Gasteiger partial charge in [-0.15, -0.1) is 0 Å². The van der Waals surface area contributed by atoms with Crippen molar-refractivity contribution in [3.8, 4) is 0 Å². The summed E-state index contributed by atoms with van der Waals surface area (Å²) in [4.78, 5) is 16.4. The molecule has 0 aromatic heterocycles. The Kier molecular flexibility index (Phi) is 6.57. The maximum Gasteiger partial charge on any atom is 0.170 e. The highest BCUT2D eigenvalue weighted by molar-refractivity contribution is 6.30. The predicted molar refractivity (Wildman–Crippen MR) is 105 cm³/mol. The van der Waals surface area contributed by atoms with Crippen molar-refractivity contribution >= 4 is 17.4 Å². The van der Waals surface area contributed by atoms with Gasteiger partial charge in [0.1, 0.15) is 0 Å². The zero-order chi connectivity index (χ0) is 17.7. The highest BCUT2D eigenvalue weighted by Crippen LogP contribution is 2.46. The molecule has 1 heterocycles. The molecule has 138 valence electrons. The number of carbonyl (C=O) groups excluding carboxylic acids is 1. The lowest BCUT2D eigenvalue weighted by Crippen LogP contribution is -2.54. The average molecular weight is 362 g/mol. The zero-order valence-corrected chi connectivity index (χ0v) is 16.4. The smallest absolute Gasteiger partial charge is 0.170 e. The van der Waals surface area contributed by atoms with Crippen molar-refractivity contribution in [1.29, 1.82) is 0 Å². The summed E-state index contributed by atoms with van der Waals surface area (Å²) in [7, 11) is 0. The van der Waals surface area contributed by atoms with Crippen LogP contribution in [0.4, 0.5) is 0 Å². The second-order valence-corrected chi connectivity index (χ2v) is 8.39. The molecule has 1 saturated heterocycles. The molecule has 1 aliphatic carbocycles. The molecule has 1 aromatic carbocycles. The number of benzene rings is 1. The van der Waals surface area contributed by atoms with Gasteiger partial charge in [-0.1, -0.05) is 50.6 Å². The molecule has 2 aliphatic rings. The first-order chi connectivity index (χ1) is 12.2. The number of hydrogen-bond acceptors (Lipinski definition) is 2. The van der Waals surface area contributed by atoms with Crippen molar-refractivity contribution in [3.63, 3.8) is 0 Å². The number of nitrogens with zero attached hydrogens (tertiary/aromatic N) is 1. The van der Waals surface area contributed by atoms with Gasteiger partial charge in [0.25, 0.3) is 0 Å². The summed E-state index contributed by atoms with van der Waals surface area (Å²) in [5.41, 5.74) is 0.656. The Bertz CT molecular complexity index is 556. The molecular weight excluding hydrogens is 330 g/mol. The van der Waals surface area contributed by atoms with E-state index >= 15 is 0 Å². The molecule has 0 bridgehead atoms. The van der Waals surface area contributed by atoms with E-state index in [1.54, 1.807) is 0 Å². The van der Waals surface area contributed by atoms with Gasteiger partial charge in [-0.2, -0.15) is 0 Å². The highest BCUT2D eigenvalue weighted by Gasteiger charge is 2.48. The Balaban J connectivity index is 1.94. The quantitative estimate of drug-likeness (QED) is 0.568. The van der Waals surface area contributed by atoms with Gasteiger partial charge in [-0.05, 0) is 69.5 Å². The molecule has 25 heavy (non-hydrogen) atoms. The molecule has 2 fully saturated rings. The maximum absolute atomic E-state index is 13.7. The first-order valence-electron chi connectivity index (χ1n) is 10.2. The largest absolute Gasteiger partial charge is 0.299 e. The standard InChI is InChI=1S/C22H32ClNO/c1-2-9-20(24-16-7-4-8-17-24)22(14-5-3-6-15-22)21(25)18-10-12-19(23)13-11-18/h10-13,20H,2-9,14-17H2,1H3. The lowest BCUT2D eigenvalue weighted by molar-refractivity contribution is 0.0166. The highest BCUT2D eigenvalue weighted by atomic mass is 35.5. The minimum Gasteiger partial charge on any atom is -0.299 e. The third-order valence-corrected chi connectivity index (χ3v) is 6.59. The summed E-state index contributed by atoms with van der Waals surface area (Å²) in [5.74, 6) is 0.368. The SMILES string of the molecule is CCCC(N1CCCCC1)C1(C(=O)c2ccc(Cl)cc2)CCCCC1. The van der Waals surface area contributed by atoms with E-state index in [1.807, 2.05) is 24.3 Å². The van der Waals surface area contributed by atoms with Crippen LogP contribution in [0.2, 0.25) is 5.02 Å². The maximum atomic E-state index is 13.7. The van der Waals surface area contributed by atoms with Gasteiger partial charge >= 0.3 is 0 Å². The minimum atomic E-state index is -0.195. The Hall–Kier alpha value is -0.860. The molecule has 2 nitrogen and oxygen atoms in total. The topological polar surface area (TPSA) is 20.3 Å². The van der Waals surface area contributed by atoms with Crippen molar-refractivity contribution in [1.82, 2.24) is 4.90 Å². The van der Waals surface area contributed by atoms with Crippen molar-refractivity contribution in [2.45, 2.75) is 77.2 Å². The fraction of sp³-hybridized carbons (Fsp3) is 0.682. The van der Waals surface area contributed by atoms with Crippen LogP contribution in [-0.4, -0.2) is 29.8 Å². The summed E-state index contributed by atoms with van der Waals surface area (Å²) in [5, 5.41) is 0.704. The molecule has 1 atom stereocenters. The monoisotopic (exact) mass is 361 g/mol. The van der Waals surface area contributed by atoms with Gasteiger partial charge in [-0.3, -0.25) is 9.69 Å². The van der Waals surface area contributed by atoms with E-state index in [0.29, 0.717) is 16.8 Å². The first kappa shape index (κ1) is 18.9. The van der Waals surface area contributed by atoms with Crippen molar-refractivity contribution in [2.75, 3.05) is 13.1 Å². The van der Waals surface area contributed by atoms with E-state index < -0.39 is 0 Å². The average Bonchev–Trinajstić information content (AvgIpc) is 2.67. The summed E-state index contributed by atoms with van der Waals surface area (Å²) in [6, 6.07) is 7.99. The van der Waals surface area contributed by atoms with Crippen LogP contribution in [0.25, 0.3) is 0 Å². The van der Waals surface area contributed by atoms with E-state index in [-0.39, 0.29) is 5.41 Å². The van der Waals surface area contributed by atoms with E-state index in [9.17, 15) is 4.79 Å². The fourth-order valence-corrected chi connectivity index (χ4v) is 5.22. The summed E-state index contributed by atoms with van der Waals surface area (Å²) < 4.78 is 0. The normalized spacial score (nSPS) is 22.5. The second-order valence-electron chi connectivity index (χ2n) is 7.95. The van der Waals surface area contributed by atoms with Crippen LogP contribution in [0.3, 0.4) is 0 Å². The van der Waals surface area contributed by atoms with Crippen molar-refractivity contribution < 1.29 is 4.79 Å². The van der Waals surface area contributed by atoms with Gasteiger partial charge in [0.05, 0.1) is 0 Å². The third-order valence-electron chi connectivity index (χ3n) is 6.34. The van der Waals surface area contributed by atoms with Crippen LogP contribution in [0.15, 0.2) is 24.3 Å². The fourth-order valence-electron chi connectivity index (χ4n) is 5.09. The Labute approximate surface area is 157 Å². The molecule has 0 amide bonds. The molecule has 3 heteroatoms. The number of likely N-dealkylation sites (tertiary alicyclic amines) is 1. The molecule has 1 aromatic rings. The van der Waals surface area contributed by atoms with Gasteiger partial charge < -0.3 is 0 Å². The molecule has 1 aliphatic heterocycles. The number of ketones is 1. The van der Waals surface area contributed by atoms with E-state index in [2.05, 4.69) is 11.8 Å². The first-order valence-corrected chi connectivity index (χ1v) is 10.6. The van der Waals surface area contributed by atoms with Crippen molar-refractivity contribution in [2.24, 2.45) is 5.41 Å². The van der Waals surface area contributed by atoms with Crippen molar-refractivity contribution in [3.05, 3.63) is 34.9 Å². The number of halogens is 1. The lowest BCUT2D eigenvalue weighted by atomic mass is 9.63. The third kappa shape index (κ3) is 4.11. The Morgan fingerprint density at radius 1 is 1.04 bits per heavy atom. The van der Waals surface area contributed by atoms with Crippen LogP contribution < -0.4 is 0 Å². The summed E-state index contributed by atoms with van der Waals surface area (Å²) >= 11 is 6.05. The number of piperidine rings is 1. The van der Waals surface area contributed by atoms with Gasteiger partial charge in [0.2, 0.25) is 0 Å². The van der Waals surface area contributed by atoms with Crippen LogP contribution >= 0.6 is 11.6 Å². The lowest BCUT2D eigenvalue weighted by Gasteiger charge is -2.48. The summed E-state index contributed by atoms with van der Waals surface area (Å²) in [6.07, 6.45) is 11.9. The van der Waals surface area contributed by atoms with Crippen LogP contribution in [0, 0.1) is 5.41 Å². The van der Waals surface area contributed by atoms with Gasteiger partial charge in [-0.25, -0.2) is 0 Å². The number of carbonyl (C=O) groups is 1. The zero-order valence-electron chi connectivity index (χ0n) is 15.6. The van der Waals surface area contributed by atoms with E-state index in [0.717, 1.165) is 31.2 Å². The van der Waals surface area contributed by atoms with Crippen LogP contribution in [0.5, 0.6) is 0 Å². The molecular formula is C22H32ClNO. The molecule has 0 radical (unpaired) electrons. The predicted octanol–water partition coefficient (Wildman–Crippen LogP) is 6.13.